The van der Waals surface area contributed by atoms with Gasteiger partial charge in [0.2, 0.25) is 11.1 Å². The van der Waals surface area contributed by atoms with E-state index in [1.807, 2.05) is 0 Å². The Morgan fingerprint density at radius 2 is 2.29 bits per heavy atom. The summed E-state index contributed by atoms with van der Waals surface area (Å²) in [6, 6.07) is 8.87. The molecule has 0 aromatic carbocycles. The second-order valence-electron chi connectivity index (χ2n) is 4.00. The Bertz CT molecular complexity index is 711. The topological polar surface area (TPSA) is 96.7 Å². The molecule has 8 heteroatoms. The van der Waals surface area contributed by atoms with Crippen molar-refractivity contribution in [3.63, 3.8) is 0 Å². The lowest BCUT2D eigenvalue weighted by Gasteiger charge is -2.01. The number of carbonyl (C=O) groups excluding carboxylic acids is 1. The van der Waals surface area contributed by atoms with Crippen molar-refractivity contribution >= 4 is 23.5 Å². The van der Waals surface area contributed by atoms with Gasteiger partial charge in [0.25, 0.3) is 0 Å². The van der Waals surface area contributed by atoms with Crippen LogP contribution >= 0.6 is 11.8 Å². The first-order valence-electron chi connectivity index (χ1n) is 6.11. The van der Waals surface area contributed by atoms with Gasteiger partial charge in [0.15, 0.2) is 11.6 Å². The average molecular weight is 301 g/mol. The monoisotopic (exact) mass is 301 g/mol. The van der Waals surface area contributed by atoms with E-state index in [1.165, 1.54) is 11.8 Å². The van der Waals surface area contributed by atoms with Crippen LogP contribution < -0.4 is 5.32 Å². The van der Waals surface area contributed by atoms with Gasteiger partial charge in [-0.15, -0.1) is 5.10 Å². The van der Waals surface area contributed by atoms with Gasteiger partial charge in [-0.2, -0.15) is 4.98 Å². The zero-order valence-corrected chi connectivity index (χ0v) is 11.6. The van der Waals surface area contributed by atoms with Crippen molar-refractivity contribution in [3.05, 3.63) is 42.8 Å². The maximum absolute atomic E-state index is 11.8. The minimum absolute atomic E-state index is 0.164. The molecular formula is C13H11N5O2S. The molecule has 0 aliphatic carbocycles. The lowest BCUT2D eigenvalue weighted by atomic mass is 10.4. The third kappa shape index (κ3) is 3.48. The first-order chi connectivity index (χ1) is 10.3. The highest BCUT2D eigenvalue weighted by atomic mass is 32.2. The Hall–Kier alpha value is -2.61. The fraction of sp³-hybridized carbons (Fsp3) is 0.0769. The van der Waals surface area contributed by atoms with E-state index >= 15 is 0 Å². The molecule has 0 spiro atoms. The number of hydrogen-bond donors (Lipinski definition) is 2. The number of rotatable bonds is 5. The van der Waals surface area contributed by atoms with Gasteiger partial charge >= 0.3 is 0 Å². The van der Waals surface area contributed by atoms with Crippen LogP contribution in [0.2, 0.25) is 0 Å². The summed E-state index contributed by atoms with van der Waals surface area (Å²) < 4.78 is 5.21. The lowest BCUT2D eigenvalue weighted by Crippen LogP contribution is -2.14. The molecule has 1 amide bonds. The van der Waals surface area contributed by atoms with Crippen LogP contribution in [0, 0.1) is 0 Å². The fourth-order valence-corrected chi connectivity index (χ4v) is 2.18. The van der Waals surface area contributed by atoms with Crippen molar-refractivity contribution in [1.82, 2.24) is 20.2 Å². The number of carbonyl (C=O) groups is 1. The summed E-state index contributed by atoms with van der Waals surface area (Å²) in [5.74, 6) is 1.70. The van der Waals surface area contributed by atoms with Gasteiger partial charge in [0, 0.05) is 6.20 Å². The molecule has 2 N–H and O–H groups in total. The predicted molar refractivity (Wildman–Crippen MR) is 77.7 cm³/mol. The number of hydrogen-bond acceptors (Lipinski definition) is 6. The number of thioether (sulfide) groups is 1. The SMILES string of the molecule is O=C(CSc1n[nH]c(-c2ccco2)n1)Nc1ccccn1. The van der Waals surface area contributed by atoms with Gasteiger partial charge < -0.3 is 9.73 Å². The molecular weight excluding hydrogens is 290 g/mol. The third-order valence-corrected chi connectivity index (χ3v) is 3.33. The zero-order chi connectivity index (χ0) is 14.5. The smallest absolute Gasteiger partial charge is 0.236 e. The summed E-state index contributed by atoms with van der Waals surface area (Å²) in [5, 5.41) is 9.96. The zero-order valence-electron chi connectivity index (χ0n) is 10.8. The third-order valence-electron chi connectivity index (χ3n) is 2.48. The molecule has 0 aliphatic heterocycles. The van der Waals surface area contributed by atoms with E-state index in [4.69, 9.17) is 4.42 Å². The standard InChI is InChI=1S/C13H11N5O2S/c19-11(15-10-5-1-2-6-14-10)8-21-13-16-12(17-18-13)9-4-3-7-20-9/h1-7H,8H2,(H,14,15,19)(H,16,17,18). The van der Waals surface area contributed by atoms with Crippen molar-refractivity contribution in [2.45, 2.75) is 5.16 Å². The maximum atomic E-state index is 11.8. The summed E-state index contributed by atoms with van der Waals surface area (Å²) in [4.78, 5) is 20.0. The predicted octanol–water partition coefficient (Wildman–Crippen LogP) is 2.19. The van der Waals surface area contributed by atoms with E-state index in [0.29, 0.717) is 22.6 Å². The molecule has 3 heterocycles. The quantitative estimate of drug-likeness (QED) is 0.701. The summed E-state index contributed by atoms with van der Waals surface area (Å²) in [6.45, 7) is 0. The summed E-state index contributed by atoms with van der Waals surface area (Å²) in [5.41, 5.74) is 0. The highest BCUT2D eigenvalue weighted by Gasteiger charge is 2.10. The second-order valence-corrected chi connectivity index (χ2v) is 4.94. The molecule has 0 radical (unpaired) electrons. The average Bonchev–Trinajstić information content (AvgIpc) is 3.17. The Balaban J connectivity index is 1.54. The minimum Gasteiger partial charge on any atom is -0.461 e. The second kappa shape index (κ2) is 6.23. The van der Waals surface area contributed by atoms with E-state index in [0.717, 1.165) is 0 Å². The van der Waals surface area contributed by atoms with Crippen LogP contribution in [0.5, 0.6) is 0 Å². The van der Waals surface area contributed by atoms with Crippen molar-refractivity contribution in [2.24, 2.45) is 0 Å². The van der Waals surface area contributed by atoms with Crippen LogP contribution in [0.3, 0.4) is 0 Å². The molecule has 0 atom stereocenters. The largest absolute Gasteiger partial charge is 0.461 e. The van der Waals surface area contributed by atoms with Crippen LogP contribution in [0.4, 0.5) is 5.82 Å². The molecule has 0 bridgehead atoms. The molecule has 106 valence electrons. The molecule has 21 heavy (non-hydrogen) atoms. The van der Waals surface area contributed by atoms with E-state index in [-0.39, 0.29) is 11.7 Å². The molecule has 7 nitrogen and oxygen atoms in total. The molecule has 0 aliphatic rings. The number of aromatic nitrogens is 4. The Morgan fingerprint density at radius 3 is 3.05 bits per heavy atom. The van der Waals surface area contributed by atoms with E-state index in [2.05, 4.69) is 25.5 Å². The molecule has 3 aromatic rings. The van der Waals surface area contributed by atoms with Crippen molar-refractivity contribution in [2.75, 3.05) is 11.1 Å². The molecule has 0 saturated heterocycles. The van der Waals surface area contributed by atoms with Gasteiger partial charge in [-0.05, 0) is 24.3 Å². The summed E-state index contributed by atoms with van der Waals surface area (Å²) in [7, 11) is 0. The Labute approximate surface area is 124 Å². The number of pyridine rings is 1. The Morgan fingerprint density at radius 1 is 1.33 bits per heavy atom. The van der Waals surface area contributed by atoms with Crippen molar-refractivity contribution in [3.8, 4) is 11.6 Å². The van der Waals surface area contributed by atoms with Gasteiger partial charge in [0.05, 0.1) is 12.0 Å². The van der Waals surface area contributed by atoms with Crippen LogP contribution in [0.15, 0.2) is 52.4 Å². The molecule has 3 rings (SSSR count). The highest BCUT2D eigenvalue weighted by molar-refractivity contribution is 7.99. The van der Waals surface area contributed by atoms with Crippen LogP contribution in [-0.2, 0) is 4.79 Å². The van der Waals surface area contributed by atoms with Gasteiger partial charge in [0.1, 0.15) is 5.82 Å². The lowest BCUT2D eigenvalue weighted by molar-refractivity contribution is -0.113. The molecule has 0 fully saturated rings. The van der Waals surface area contributed by atoms with Crippen LogP contribution in [-0.4, -0.2) is 31.8 Å². The number of anilines is 1. The van der Waals surface area contributed by atoms with E-state index in [9.17, 15) is 4.79 Å². The summed E-state index contributed by atoms with van der Waals surface area (Å²) in [6.07, 6.45) is 3.18. The van der Waals surface area contributed by atoms with Crippen LogP contribution in [0.25, 0.3) is 11.6 Å². The number of amides is 1. The first-order valence-corrected chi connectivity index (χ1v) is 7.10. The van der Waals surface area contributed by atoms with Crippen LogP contribution in [0.1, 0.15) is 0 Å². The summed E-state index contributed by atoms with van der Waals surface area (Å²) >= 11 is 1.23. The van der Waals surface area contributed by atoms with Crippen molar-refractivity contribution in [1.29, 1.82) is 0 Å². The van der Waals surface area contributed by atoms with Gasteiger partial charge in [-0.1, -0.05) is 17.8 Å². The van der Waals surface area contributed by atoms with E-state index < -0.39 is 0 Å². The van der Waals surface area contributed by atoms with Crippen molar-refractivity contribution < 1.29 is 9.21 Å². The Kier molecular flexibility index (Phi) is 3.97. The molecule has 0 saturated carbocycles. The number of furan rings is 1. The van der Waals surface area contributed by atoms with Gasteiger partial charge in [-0.25, -0.2) is 4.98 Å². The first kappa shape index (κ1) is 13.4. The molecule has 0 unspecified atom stereocenters. The number of aromatic amines is 1. The highest BCUT2D eigenvalue weighted by Crippen LogP contribution is 2.19. The number of H-pyrrole nitrogens is 1. The maximum Gasteiger partial charge on any atom is 0.236 e. The van der Waals surface area contributed by atoms with E-state index in [1.54, 1.807) is 42.8 Å². The normalized spacial score (nSPS) is 10.5. The van der Waals surface area contributed by atoms with Gasteiger partial charge in [-0.3, -0.25) is 9.89 Å². The minimum atomic E-state index is -0.164. The fourth-order valence-electron chi connectivity index (χ4n) is 1.58. The number of nitrogens with zero attached hydrogens (tertiary/aromatic N) is 3. The number of nitrogens with one attached hydrogen (secondary N) is 2. The molecule has 3 aromatic heterocycles.